The Bertz CT molecular complexity index is 701. The number of aromatic nitrogens is 1. The standard InChI is InChI=1S/C18H21N3O3/c1-2-3-4-18(22)21-14-6-8-17(20-11-14)19-10-13-5-7-15-16(9-13)24-12-23-15/h5-9,11H,2-4,10,12H2,1H3,(H,19,20)(H,21,22). The van der Waals surface area contributed by atoms with E-state index < -0.39 is 0 Å². The average Bonchev–Trinajstić information content (AvgIpc) is 3.07. The molecule has 0 atom stereocenters. The zero-order chi connectivity index (χ0) is 16.8. The molecule has 6 heteroatoms. The molecule has 2 N–H and O–H groups in total. The maximum absolute atomic E-state index is 11.7. The molecule has 1 aromatic carbocycles. The Morgan fingerprint density at radius 1 is 1.21 bits per heavy atom. The van der Waals surface area contributed by atoms with Gasteiger partial charge in [0.25, 0.3) is 0 Å². The van der Waals surface area contributed by atoms with Crippen molar-refractivity contribution in [2.45, 2.75) is 32.7 Å². The van der Waals surface area contributed by atoms with Gasteiger partial charge in [-0.15, -0.1) is 0 Å². The van der Waals surface area contributed by atoms with Crippen LogP contribution in [0.25, 0.3) is 0 Å². The number of amides is 1. The van der Waals surface area contributed by atoms with Crippen molar-refractivity contribution in [2.75, 3.05) is 17.4 Å². The highest BCUT2D eigenvalue weighted by molar-refractivity contribution is 5.90. The Labute approximate surface area is 141 Å². The van der Waals surface area contributed by atoms with Gasteiger partial charge in [-0.2, -0.15) is 0 Å². The summed E-state index contributed by atoms with van der Waals surface area (Å²) < 4.78 is 10.7. The van der Waals surface area contributed by atoms with Gasteiger partial charge in [-0.3, -0.25) is 4.79 Å². The lowest BCUT2D eigenvalue weighted by atomic mass is 10.2. The summed E-state index contributed by atoms with van der Waals surface area (Å²) in [5.74, 6) is 2.33. The van der Waals surface area contributed by atoms with E-state index in [4.69, 9.17) is 9.47 Å². The summed E-state index contributed by atoms with van der Waals surface area (Å²) in [6.45, 7) is 2.97. The lowest BCUT2D eigenvalue weighted by Gasteiger charge is -2.08. The van der Waals surface area contributed by atoms with Crippen LogP contribution < -0.4 is 20.1 Å². The van der Waals surface area contributed by atoms with Gasteiger partial charge in [0.2, 0.25) is 12.7 Å². The zero-order valence-corrected chi connectivity index (χ0v) is 13.7. The lowest BCUT2D eigenvalue weighted by Crippen LogP contribution is -2.11. The fraction of sp³-hybridized carbons (Fsp3) is 0.333. The smallest absolute Gasteiger partial charge is 0.231 e. The molecule has 1 aliphatic heterocycles. The van der Waals surface area contributed by atoms with Gasteiger partial charge in [0.1, 0.15) is 5.82 Å². The molecule has 0 saturated heterocycles. The molecule has 0 aliphatic carbocycles. The summed E-state index contributed by atoms with van der Waals surface area (Å²) in [5.41, 5.74) is 1.79. The molecule has 0 spiro atoms. The van der Waals surface area contributed by atoms with E-state index in [1.165, 1.54) is 0 Å². The Morgan fingerprint density at radius 2 is 2.08 bits per heavy atom. The molecule has 2 aromatic rings. The van der Waals surface area contributed by atoms with Crippen LogP contribution in [-0.2, 0) is 11.3 Å². The van der Waals surface area contributed by atoms with Gasteiger partial charge in [0, 0.05) is 13.0 Å². The third-order valence-corrected chi connectivity index (χ3v) is 3.72. The van der Waals surface area contributed by atoms with Crippen LogP contribution in [0.1, 0.15) is 31.7 Å². The number of ether oxygens (including phenoxy) is 2. The van der Waals surface area contributed by atoms with Crippen LogP contribution in [0.2, 0.25) is 0 Å². The topological polar surface area (TPSA) is 72.5 Å². The van der Waals surface area contributed by atoms with Crippen LogP contribution in [0.15, 0.2) is 36.5 Å². The SMILES string of the molecule is CCCCC(=O)Nc1ccc(NCc2ccc3c(c2)OCO3)nc1. The third kappa shape index (κ3) is 4.16. The monoisotopic (exact) mass is 327 g/mol. The highest BCUT2D eigenvalue weighted by Gasteiger charge is 2.13. The molecule has 126 valence electrons. The minimum atomic E-state index is 0.0275. The minimum absolute atomic E-state index is 0.0275. The van der Waals surface area contributed by atoms with Crippen molar-refractivity contribution in [1.82, 2.24) is 4.98 Å². The number of nitrogens with zero attached hydrogens (tertiary/aromatic N) is 1. The van der Waals surface area contributed by atoms with Crippen molar-refractivity contribution in [1.29, 1.82) is 0 Å². The van der Waals surface area contributed by atoms with Gasteiger partial charge >= 0.3 is 0 Å². The van der Waals surface area contributed by atoms with Crippen molar-refractivity contribution in [3.8, 4) is 11.5 Å². The zero-order valence-electron chi connectivity index (χ0n) is 13.7. The van der Waals surface area contributed by atoms with Crippen LogP contribution in [-0.4, -0.2) is 17.7 Å². The molecule has 0 bridgehead atoms. The van der Waals surface area contributed by atoms with E-state index >= 15 is 0 Å². The Hall–Kier alpha value is -2.76. The first kappa shape index (κ1) is 16.1. The van der Waals surface area contributed by atoms with Gasteiger partial charge in [-0.25, -0.2) is 4.98 Å². The second-order valence-corrected chi connectivity index (χ2v) is 5.63. The first-order chi connectivity index (χ1) is 11.7. The molecule has 0 saturated carbocycles. The highest BCUT2D eigenvalue weighted by atomic mass is 16.7. The van der Waals surface area contributed by atoms with E-state index in [1.807, 2.05) is 30.3 Å². The predicted molar refractivity (Wildman–Crippen MR) is 92.3 cm³/mol. The molecule has 2 heterocycles. The van der Waals surface area contributed by atoms with E-state index in [2.05, 4.69) is 22.5 Å². The molecule has 0 fully saturated rings. The summed E-state index contributed by atoms with van der Waals surface area (Å²) >= 11 is 0. The fourth-order valence-corrected chi connectivity index (χ4v) is 2.38. The molecule has 24 heavy (non-hydrogen) atoms. The highest BCUT2D eigenvalue weighted by Crippen LogP contribution is 2.32. The van der Waals surface area contributed by atoms with Crippen molar-refractivity contribution in [2.24, 2.45) is 0 Å². The molecule has 6 nitrogen and oxygen atoms in total. The number of unbranched alkanes of at least 4 members (excludes halogenated alkanes) is 1. The molecule has 3 rings (SSSR count). The number of hydrogen-bond acceptors (Lipinski definition) is 5. The van der Waals surface area contributed by atoms with Crippen molar-refractivity contribution >= 4 is 17.4 Å². The first-order valence-electron chi connectivity index (χ1n) is 8.13. The van der Waals surface area contributed by atoms with Crippen LogP contribution in [0.5, 0.6) is 11.5 Å². The number of rotatable bonds is 7. The van der Waals surface area contributed by atoms with Gasteiger partial charge in [0.05, 0.1) is 11.9 Å². The van der Waals surface area contributed by atoms with Gasteiger partial charge in [-0.1, -0.05) is 19.4 Å². The number of fused-ring (bicyclic) bond motifs is 1. The van der Waals surface area contributed by atoms with Crippen LogP contribution in [0.4, 0.5) is 11.5 Å². The van der Waals surface area contributed by atoms with Crippen LogP contribution >= 0.6 is 0 Å². The third-order valence-electron chi connectivity index (χ3n) is 3.72. The molecular formula is C18H21N3O3. The average molecular weight is 327 g/mol. The molecule has 1 aliphatic rings. The molecule has 0 radical (unpaired) electrons. The van der Waals surface area contributed by atoms with Gasteiger partial charge in [0.15, 0.2) is 11.5 Å². The lowest BCUT2D eigenvalue weighted by molar-refractivity contribution is -0.116. The first-order valence-corrected chi connectivity index (χ1v) is 8.13. The van der Waals surface area contributed by atoms with Gasteiger partial charge in [-0.05, 0) is 36.2 Å². The van der Waals surface area contributed by atoms with Crippen LogP contribution in [0.3, 0.4) is 0 Å². The second-order valence-electron chi connectivity index (χ2n) is 5.63. The fourth-order valence-electron chi connectivity index (χ4n) is 2.38. The Balaban J connectivity index is 1.52. The summed E-state index contributed by atoms with van der Waals surface area (Å²) in [7, 11) is 0. The summed E-state index contributed by atoms with van der Waals surface area (Å²) in [6.07, 6.45) is 4.11. The minimum Gasteiger partial charge on any atom is -0.454 e. The maximum Gasteiger partial charge on any atom is 0.231 e. The second kappa shape index (κ2) is 7.68. The number of pyridine rings is 1. The van der Waals surface area contributed by atoms with E-state index in [0.29, 0.717) is 18.7 Å². The quantitative estimate of drug-likeness (QED) is 0.813. The van der Waals surface area contributed by atoms with E-state index in [-0.39, 0.29) is 12.7 Å². The van der Waals surface area contributed by atoms with Crippen molar-refractivity contribution in [3.63, 3.8) is 0 Å². The number of carbonyl (C=O) groups excluding carboxylic acids is 1. The Morgan fingerprint density at radius 3 is 2.88 bits per heavy atom. The normalized spacial score (nSPS) is 12.0. The molecule has 1 aromatic heterocycles. The molecule has 1 amide bonds. The number of anilines is 2. The van der Waals surface area contributed by atoms with Crippen molar-refractivity contribution in [3.05, 3.63) is 42.1 Å². The molecular weight excluding hydrogens is 306 g/mol. The summed E-state index contributed by atoms with van der Waals surface area (Å²) in [4.78, 5) is 16.0. The largest absolute Gasteiger partial charge is 0.454 e. The number of nitrogens with one attached hydrogen (secondary N) is 2. The number of hydrogen-bond donors (Lipinski definition) is 2. The van der Waals surface area contributed by atoms with Crippen LogP contribution in [0, 0.1) is 0 Å². The molecule has 0 unspecified atom stereocenters. The number of benzene rings is 1. The Kier molecular flexibility index (Phi) is 5.15. The summed E-state index contributed by atoms with van der Waals surface area (Å²) in [6, 6.07) is 9.55. The van der Waals surface area contributed by atoms with E-state index in [9.17, 15) is 4.79 Å². The maximum atomic E-state index is 11.7. The van der Waals surface area contributed by atoms with E-state index in [0.717, 1.165) is 35.7 Å². The van der Waals surface area contributed by atoms with E-state index in [1.54, 1.807) is 6.20 Å². The predicted octanol–water partition coefficient (Wildman–Crippen LogP) is 3.55. The number of carbonyl (C=O) groups is 1. The van der Waals surface area contributed by atoms with Crippen molar-refractivity contribution < 1.29 is 14.3 Å². The summed E-state index contributed by atoms with van der Waals surface area (Å²) in [5, 5.41) is 6.09. The van der Waals surface area contributed by atoms with Gasteiger partial charge < -0.3 is 20.1 Å².